The second-order valence-corrected chi connectivity index (χ2v) is 6.39. The van der Waals surface area contributed by atoms with E-state index in [9.17, 15) is 18.0 Å². The first kappa shape index (κ1) is 20.6. The van der Waals surface area contributed by atoms with Gasteiger partial charge in [-0.25, -0.2) is 4.79 Å². The summed E-state index contributed by atoms with van der Waals surface area (Å²) in [6, 6.07) is 7.55. The standard InChI is InChI=1S/C20H23F3N2O2/c1-12-9-17(27-4)13(2)14(3)18(12)25-19(26)24-11-16-8-6-5-7-15(16)10-20(21,22)23/h5-9H,10-11H2,1-4H3,(H2,24,25,26). The highest BCUT2D eigenvalue weighted by molar-refractivity contribution is 5.91. The molecule has 0 saturated carbocycles. The van der Waals surface area contributed by atoms with E-state index >= 15 is 0 Å². The monoisotopic (exact) mass is 380 g/mol. The zero-order valence-electron chi connectivity index (χ0n) is 15.8. The lowest BCUT2D eigenvalue weighted by Gasteiger charge is -2.17. The fraction of sp³-hybridized carbons (Fsp3) is 0.350. The minimum absolute atomic E-state index is 0.00528. The summed E-state index contributed by atoms with van der Waals surface area (Å²) in [4.78, 5) is 12.3. The van der Waals surface area contributed by atoms with Crippen molar-refractivity contribution >= 4 is 11.7 Å². The van der Waals surface area contributed by atoms with Crippen LogP contribution in [0.1, 0.15) is 27.8 Å². The molecule has 27 heavy (non-hydrogen) atoms. The van der Waals surface area contributed by atoms with Gasteiger partial charge in [0.2, 0.25) is 0 Å². The van der Waals surface area contributed by atoms with Crippen molar-refractivity contribution < 1.29 is 22.7 Å². The normalized spacial score (nSPS) is 11.2. The summed E-state index contributed by atoms with van der Waals surface area (Å²) in [7, 11) is 1.58. The van der Waals surface area contributed by atoms with Crippen LogP contribution < -0.4 is 15.4 Å². The highest BCUT2D eigenvalue weighted by atomic mass is 19.4. The van der Waals surface area contributed by atoms with Crippen LogP contribution in [0.15, 0.2) is 30.3 Å². The third-order valence-corrected chi connectivity index (χ3v) is 4.46. The molecule has 2 aromatic rings. The van der Waals surface area contributed by atoms with Gasteiger partial charge in [-0.3, -0.25) is 0 Å². The molecule has 2 rings (SSSR count). The smallest absolute Gasteiger partial charge is 0.393 e. The first-order valence-corrected chi connectivity index (χ1v) is 8.45. The minimum atomic E-state index is -4.30. The molecule has 0 spiro atoms. The van der Waals surface area contributed by atoms with Crippen molar-refractivity contribution in [3.8, 4) is 5.75 Å². The Morgan fingerprint density at radius 3 is 2.30 bits per heavy atom. The summed E-state index contributed by atoms with van der Waals surface area (Å²) in [5, 5.41) is 5.41. The largest absolute Gasteiger partial charge is 0.496 e. The lowest BCUT2D eigenvalue weighted by Crippen LogP contribution is -2.29. The number of methoxy groups -OCH3 is 1. The topological polar surface area (TPSA) is 50.4 Å². The Bertz CT molecular complexity index is 833. The van der Waals surface area contributed by atoms with Crippen LogP contribution in [0.4, 0.5) is 23.7 Å². The molecule has 0 heterocycles. The lowest BCUT2D eigenvalue weighted by atomic mass is 10.0. The van der Waals surface area contributed by atoms with Gasteiger partial charge in [0, 0.05) is 12.2 Å². The molecule has 0 atom stereocenters. The number of ether oxygens (including phenoxy) is 1. The molecule has 7 heteroatoms. The van der Waals surface area contributed by atoms with Gasteiger partial charge in [-0.1, -0.05) is 24.3 Å². The highest BCUT2D eigenvalue weighted by Crippen LogP contribution is 2.31. The Morgan fingerprint density at radius 2 is 1.70 bits per heavy atom. The van der Waals surface area contributed by atoms with Gasteiger partial charge in [0.15, 0.2) is 0 Å². The second-order valence-electron chi connectivity index (χ2n) is 6.39. The van der Waals surface area contributed by atoms with Gasteiger partial charge in [-0.05, 0) is 54.7 Å². The molecule has 0 aliphatic heterocycles. The maximum atomic E-state index is 12.7. The maximum Gasteiger partial charge on any atom is 0.393 e. The van der Waals surface area contributed by atoms with E-state index in [4.69, 9.17) is 4.74 Å². The van der Waals surface area contributed by atoms with Crippen LogP contribution >= 0.6 is 0 Å². The third-order valence-electron chi connectivity index (χ3n) is 4.46. The van der Waals surface area contributed by atoms with Crippen molar-refractivity contribution in [2.75, 3.05) is 12.4 Å². The Morgan fingerprint density at radius 1 is 1.07 bits per heavy atom. The summed E-state index contributed by atoms with van der Waals surface area (Å²) < 4.78 is 43.4. The molecule has 0 aromatic heterocycles. The van der Waals surface area contributed by atoms with E-state index in [-0.39, 0.29) is 12.1 Å². The molecule has 0 radical (unpaired) electrons. The fourth-order valence-corrected chi connectivity index (χ4v) is 2.90. The first-order chi connectivity index (χ1) is 12.6. The highest BCUT2D eigenvalue weighted by Gasteiger charge is 2.28. The van der Waals surface area contributed by atoms with Crippen LogP contribution in [-0.2, 0) is 13.0 Å². The average molecular weight is 380 g/mol. The van der Waals surface area contributed by atoms with Crippen molar-refractivity contribution in [1.82, 2.24) is 5.32 Å². The molecule has 0 bridgehead atoms. The van der Waals surface area contributed by atoms with E-state index in [0.717, 1.165) is 22.4 Å². The molecule has 0 unspecified atom stereocenters. The van der Waals surface area contributed by atoms with Crippen LogP contribution in [-0.4, -0.2) is 19.3 Å². The number of rotatable bonds is 5. The number of alkyl halides is 3. The molecule has 2 N–H and O–H groups in total. The number of carbonyl (C=O) groups is 1. The fourth-order valence-electron chi connectivity index (χ4n) is 2.90. The number of aryl methyl sites for hydroxylation is 1. The van der Waals surface area contributed by atoms with E-state index in [0.29, 0.717) is 11.3 Å². The Hall–Kier alpha value is -2.70. The molecule has 0 aliphatic rings. The van der Waals surface area contributed by atoms with Gasteiger partial charge in [0.25, 0.3) is 0 Å². The number of anilines is 1. The molecular formula is C20H23F3N2O2. The van der Waals surface area contributed by atoms with E-state index in [1.807, 2.05) is 26.8 Å². The summed E-state index contributed by atoms with van der Waals surface area (Å²) in [6.45, 7) is 5.62. The number of hydrogen-bond donors (Lipinski definition) is 2. The first-order valence-electron chi connectivity index (χ1n) is 8.45. The van der Waals surface area contributed by atoms with E-state index in [1.54, 1.807) is 25.3 Å². The summed E-state index contributed by atoms with van der Waals surface area (Å²) in [5.74, 6) is 0.733. The van der Waals surface area contributed by atoms with E-state index in [1.165, 1.54) is 6.07 Å². The number of hydrogen-bond acceptors (Lipinski definition) is 2. The van der Waals surface area contributed by atoms with Crippen LogP contribution in [0, 0.1) is 20.8 Å². The van der Waals surface area contributed by atoms with Gasteiger partial charge >= 0.3 is 12.2 Å². The Labute approximate surface area is 156 Å². The minimum Gasteiger partial charge on any atom is -0.496 e. The number of amides is 2. The zero-order valence-corrected chi connectivity index (χ0v) is 15.8. The van der Waals surface area contributed by atoms with Gasteiger partial charge in [0.1, 0.15) is 5.75 Å². The average Bonchev–Trinajstić information content (AvgIpc) is 2.59. The molecule has 146 valence electrons. The predicted molar refractivity (Wildman–Crippen MR) is 99.3 cm³/mol. The summed E-state index contributed by atoms with van der Waals surface area (Å²) in [5.41, 5.74) is 3.87. The molecule has 0 fully saturated rings. The molecule has 4 nitrogen and oxygen atoms in total. The number of halogens is 3. The Balaban J connectivity index is 2.09. The van der Waals surface area contributed by atoms with Crippen molar-refractivity contribution in [3.63, 3.8) is 0 Å². The van der Waals surface area contributed by atoms with E-state index in [2.05, 4.69) is 10.6 Å². The number of benzene rings is 2. The number of urea groups is 1. The summed E-state index contributed by atoms with van der Waals surface area (Å²) >= 11 is 0. The van der Waals surface area contributed by atoms with Crippen LogP contribution in [0.2, 0.25) is 0 Å². The molecule has 2 amide bonds. The van der Waals surface area contributed by atoms with Gasteiger partial charge in [-0.15, -0.1) is 0 Å². The molecule has 2 aromatic carbocycles. The van der Waals surface area contributed by atoms with Crippen LogP contribution in [0.25, 0.3) is 0 Å². The predicted octanol–water partition coefficient (Wildman–Crippen LogP) is 5.05. The quantitative estimate of drug-likeness (QED) is 0.763. The Kier molecular flexibility index (Phi) is 6.36. The van der Waals surface area contributed by atoms with Gasteiger partial charge in [0.05, 0.1) is 13.5 Å². The van der Waals surface area contributed by atoms with Crippen molar-refractivity contribution in [1.29, 1.82) is 0 Å². The summed E-state index contributed by atoms with van der Waals surface area (Å²) in [6.07, 6.45) is -5.32. The third kappa shape index (κ3) is 5.39. The van der Waals surface area contributed by atoms with Gasteiger partial charge < -0.3 is 15.4 Å². The van der Waals surface area contributed by atoms with Crippen molar-refractivity contribution in [2.24, 2.45) is 0 Å². The second kappa shape index (κ2) is 8.33. The van der Waals surface area contributed by atoms with Crippen LogP contribution in [0.3, 0.4) is 0 Å². The van der Waals surface area contributed by atoms with Crippen molar-refractivity contribution in [3.05, 3.63) is 58.1 Å². The zero-order chi connectivity index (χ0) is 20.2. The molecule has 0 saturated heterocycles. The van der Waals surface area contributed by atoms with Gasteiger partial charge in [-0.2, -0.15) is 13.2 Å². The number of carbonyl (C=O) groups excluding carboxylic acids is 1. The maximum absolute atomic E-state index is 12.7. The number of nitrogens with one attached hydrogen (secondary N) is 2. The SMILES string of the molecule is COc1cc(C)c(NC(=O)NCc2ccccc2CC(F)(F)F)c(C)c1C. The van der Waals surface area contributed by atoms with E-state index < -0.39 is 18.6 Å². The molecule has 0 aliphatic carbocycles. The van der Waals surface area contributed by atoms with Crippen molar-refractivity contribution in [2.45, 2.75) is 39.9 Å². The molecular weight excluding hydrogens is 357 g/mol. The lowest BCUT2D eigenvalue weighted by molar-refractivity contribution is -0.127. The van der Waals surface area contributed by atoms with Crippen LogP contribution in [0.5, 0.6) is 5.75 Å².